The zero-order chi connectivity index (χ0) is 21.3. The first kappa shape index (κ1) is 19.6. The third-order valence-corrected chi connectivity index (χ3v) is 4.48. The van der Waals surface area contributed by atoms with E-state index in [9.17, 15) is 18.0 Å². The molecule has 8 nitrogen and oxygen atoms in total. The van der Waals surface area contributed by atoms with Gasteiger partial charge in [-0.15, -0.1) is 0 Å². The fraction of sp³-hybridized carbons (Fsp3) is 0.211. The van der Waals surface area contributed by atoms with Crippen LogP contribution in [0.15, 0.2) is 43.0 Å². The molecule has 1 aliphatic rings. The highest BCUT2D eigenvalue weighted by Gasteiger charge is 2.35. The molecule has 1 atom stereocenters. The summed E-state index contributed by atoms with van der Waals surface area (Å²) in [4.78, 5) is 27.2. The lowest BCUT2D eigenvalue weighted by Gasteiger charge is -2.18. The second-order valence-electron chi connectivity index (χ2n) is 6.68. The van der Waals surface area contributed by atoms with Gasteiger partial charge in [-0.1, -0.05) is 0 Å². The summed E-state index contributed by atoms with van der Waals surface area (Å²) in [5.41, 5.74) is 1.58. The lowest BCUT2D eigenvalue weighted by Crippen LogP contribution is -2.17. The van der Waals surface area contributed by atoms with Crippen LogP contribution in [0.2, 0.25) is 0 Å². The van der Waals surface area contributed by atoms with Crippen molar-refractivity contribution in [3.8, 4) is 0 Å². The maximum atomic E-state index is 13.4. The Morgan fingerprint density at radius 2 is 2.03 bits per heavy atom. The maximum Gasteiger partial charge on any atom is 0.421 e. The van der Waals surface area contributed by atoms with Crippen molar-refractivity contribution in [2.75, 3.05) is 16.0 Å². The summed E-state index contributed by atoms with van der Waals surface area (Å²) in [7, 11) is 0. The van der Waals surface area contributed by atoms with E-state index < -0.39 is 17.8 Å². The lowest BCUT2D eigenvalue weighted by atomic mass is 10.1. The Balaban J connectivity index is 1.61. The van der Waals surface area contributed by atoms with E-state index in [-0.39, 0.29) is 24.1 Å². The molecule has 3 heterocycles. The number of hydrogen-bond acceptors (Lipinski definition) is 7. The van der Waals surface area contributed by atoms with Crippen molar-refractivity contribution >= 4 is 29.0 Å². The first-order valence-corrected chi connectivity index (χ1v) is 8.96. The molecule has 154 valence electrons. The summed E-state index contributed by atoms with van der Waals surface area (Å²) >= 11 is 0. The van der Waals surface area contributed by atoms with Gasteiger partial charge in [0.1, 0.15) is 17.7 Å². The minimum absolute atomic E-state index is 0.0161. The second kappa shape index (κ2) is 7.58. The topological polar surface area (TPSA) is 105 Å². The Kier molecular flexibility index (Phi) is 4.94. The van der Waals surface area contributed by atoms with Crippen LogP contribution in [0.4, 0.5) is 36.3 Å². The van der Waals surface area contributed by atoms with Crippen LogP contribution in [0, 0.1) is 0 Å². The predicted octanol–water partition coefficient (Wildman–Crippen LogP) is 3.70. The van der Waals surface area contributed by atoms with Crippen LogP contribution in [-0.2, 0) is 17.4 Å². The van der Waals surface area contributed by atoms with Crippen LogP contribution < -0.4 is 16.0 Å². The first-order chi connectivity index (χ1) is 14.3. The Labute approximate surface area is 169 Å². The molecule has 1 amide bonds. The average Bonchev–Trinajstić information content (AvgIpc) is 3.07. The predicted molar refractivity (Wildman–Crippen MR) is 103 cm³/mol. The van der Waals surface area contributed by atoms with Crippen molar-refractivity contribution in [2.24, 2.45) is 0 Å². The van der Waals surface area contributed by atoms with Gasteiger partial charge in [0.15, 0.2) is 0 Å². The highest BCUT2D eigenvalue weighted by Crippen LogP contribution is 2.35. The Morgan fingerprint density at radius 1 is 1.20 bits per heavy atom. The molecular formula is C19H16F3N7O. The van der Waals surface area contributed by atoms with E-state index >= 15 is 0 Å². The number of benzene rings is 1. The van der Waals surface area contributed by atoms with Gasteiger partial charge in [-0.05, 0) is 36.8 Å². The second-order valence-corrected chi connectivity index (χ2v) is 6.68. The molecule has 3 aromatic rings. The van der Waals surface area contributed by atoms with Crippen LogP contribution in [0.1, 0.15) is 29.8 Å². The number of alkyl halides is 3. The van der Waals surface area contributed by atoms with E-state index in [0.717, 1.165) is 11.8 Å². The molecule has 11 heteroatoms. The smallest absolute Gasteiger partial charge is 0.361 e. The zero-order valence-electron chi connectivity index (χ0n) is 15.7. The van der Waals surface area contributed by atoms with Gasteiger partial charge in [0.05, 0.1) is 18.2 Å². The fourth-order valence-corrected chi connectivity index (χ4v) is 3.03. The van der Waals surface area contributed by atoms with E-state index in [2.05, 4.69) is 35.9 Å². The van der Waals surface area contributed by atoms with Gasteiger partial charge in [-0.3, -0.25) is 4.79 Å². The molecule has 1 aromatic carbocycles. The lowest BCUT2D eigenvalue weighted by molar-refractivity contribution is -0.137. The molecule has 0 radical (unpaired) electrons. The minimum Gasteiger partial charge on any atom is -0.361 e. The minimum atomic E-state index is -4.63. The van der Waals surface area contributed by atoms with Crippen molar-refractivity contribution in [3.63, 3.8) is 0 Å². The highest BCUT2D eigenvalue weighted by atomic mass is 19.4. The van der Waals surface area contributed by atoms with Gasteiger partial charge in [-0.2, -0.15) is 18.2 Å². The molecule has 0 saturated carbocycles. The number of anilines is 4. The van der Waals surface area contributed by atoms with Gasteiger partial charge in [-0.25, -0.2) is 15.0 Å². The molecule has 0 saturated heterocycles. The van der Waals surface area contributed by atoms with Crippen molar-refractivity contribution in [1.29, 1.82) is 0 Å². The molecule has 3 N–H and O–H groups in total. The molecule has 2 aromatic heterocycles. The van der Waals surface area contributed by atoms with E-state index in [1.54, 1.807) is 31.2 Å². The normalized spacial score (nSPS) is 14.1. The number of rotatable bonds is 5. The summed E-state index contributed by atoms with van der Waals surface area (Å²) in [5, 5.41) is 8.35. The van der Waals surface area contributed by atoms with Crippen molar-refractivity contribution < 1.29 is 18.0 Å². The van der Waals surface area contributed by atoms with Crippen LogP contribution in [0.25, 0.3) is 0 Å². The van der Waals surface area contributed by atoms with Gasteiger partial charge in [0.2, 0.25) is 11.9 Å². The molecule has 4 rings (SSSR count). The number of halogens is 3. The Bertz CT molecular complexity index is 1090. The third kappa shape index (κ3) is 4.14. The number of amides is 1. The SMILES string of the molecule is CC(Nc1nc(Nc2ccc3c(c2)CC(=O)N3)ncc1C(F)(F)F)c1ccncn1. The molecule has 0 aliphatic carbocycles. The molecule has 0 bridgehead atoms. The summed E-state index contributed by atoms with van der Waals surface area (Å²) in [6, 6.07) is 6.18. The summed E-state index contributed by atoms with van der Waals surface area (Å²) < 4.78 is 40.3. The molecule has 0 spiro atoms. The molecular weight excluding hydrogens is 399 g/mol. The number of nitrogens with one attached hydrogen (secondary N) is 3. The molecule has 0 fully saturated rings. The van der Waals surface area contributed by atoms with Gasteiger partial charge in [0.25, 0.3) is 0 Å². The van der Waals surface area contributed by atoms with Gasteiger partial charge < -0.3 is 16.0 Å². The largest absolute Gasteiger partial charge is 0.421 e. The molecule has 1 unspecified atom stereocenters. The maximum absolute atomic E-state index is 13.4. The zero-order valence-corrected chi connectivity index (χ0v) is 15.7. The monoisotopic (exact) mass is 415 g/mol. The summed E-state index contributed by atoms with van der Waals surface area (Å²) in [5.74, 6) is -0.500. The third-order valence-electron chi connectivity index (χ3n) is 4.48. The number of carbonyl (C=O) groups excluding carboxylic acids is 1. The van der Waals surface area contributed by atoms with E-state index in [1.165, 1.54) is 12.5 Å². The standard InChI is InChI=1S/C19H16F3N7O/c1-10(14-4-5-23-9-25-14)26-17-13(19(20,21)22)8-24-18(29-17)27-12-2-3-15-11(6-12)7-16(30)28-15/h2-6,8-10H,7H2,1H3,(H,28,30)(H2,24,26,27,29). The van der Waals surface area contributed by atoms with E-state index in [1.807, 2.05) is 0 Å². The Hall–Kier alpha value is -3.76. The Morgan fingerprint density at radius 3 is 2.77 bits per heavy atom. The van der Waals surface area contributed by atoms with Gasteiger partial charge in [0, 0.05) is 23.8 Å². The quantitative estimate of drug-likeness (QED) is 0.584. The van der Waals surface area contributed by atoms with E-state index in [0.29, 0.717) is 17.1 Å². The highest BCUT2D eigenvalue weighted by molar-refractivity contribution is 5.99. The number of nitrogens with zero attached hydrogens (tertiary/aromatic N) is 4. The van der Waals surface area contributed by atoms with Crippen molar-refractivity contribution in [2.45, 2.75) is 25.6 Å². The van der Waals surface area contributed by atoms with E-state index in [4.69, 9.17) is 0 Å². The molecule has 30 heavy (non-hydrogen) atoms. The van der Waals surface area contributed by atoms with Crippen LogP contribution >= 0.6 is 0 Å². The van der Waals surface area contributed by atoms with Crippen LogP contribution in [0.3, 0.4) is 0 Å². The van der Waals surface area contributed by atoms with Gasteiger partial charge >= 0.3 is 6.18 Å². The number of carbonyl (C=O) groups is 1. The van der Waals surface area contributed by atoms with Crippen LogP contribution in [-0.4, -0.2) is 25.8 Å². The average molecular weight is 415 g/mol. The summed E-state index contributed by atoms with van der Waals surface area (Å²) in [6.07, 6.45) is -0.846. The summed E-state index contributed by atoms with van der Waals surface area (Å²) in [6.45, 7) is 1.67. The number of fused-ring (bicyclic) bond motifs is 1. The van der Waals surface area contributed by atoms with Crippen molar-refractivity contribution in [3.05, 3.63) is 59.8 Å². The molecule has 1 aliphatic heterocycles. The van der Waals surface area contributed by atoms with Crippen LogP contribution in [0.5, 0.6) is 0 Å². The number of aromatic nitrogens is 4. The first-order valence-electron chi connectivity index (χ1n) is 8.96. The fourth-order valence-electron chi connectivity index (χ4n) is 3.03. The number of hydrogen-bond donors (Lipinski definition) is 3. The van der Waals surface area contributed by atoms with Crippen molar-refractivity contribution in [1.82, 2.24) is 19.9 Å².